The van der Waals surface area contributed by atoms with Crippen LogP contribution in [0.25, 0.3) is 0 Å². The highest BCUT2D eigenvalue weighted by atomic mass is 16.7. The number of hydrogen-bond acceptors (Lipinski definition) is 4. The van der Waals surface area contributed by atoms with Crippen molar-refractivity contribution in [3.63, 3.8) is 0 Å². The number of likely N-dealkylation sites (tertiary alicyclic amines) is 1. The maximum Gasteiger partial charge on any atom is 0.251 e. The zero-order valence-corrected chi connectivity index (χ0v) is 12.0. The van der Waals surface area contributed by atoms with Crippen LogP contribution in [0.3, 0.4) is 0 Å². The largest absolute Gasteiger partial charge is 0.454 e. The molecule has 21 heavy (non-hydrogen) atoms. The molecular formula is C16H20N2O3. The Morgan fingerprint density at radius 3 is 2.62 bits per heavy atom. The van der Waals surface area contributed by atoms with Gasteiger partial charge < -0.3 is 19.7 Å². The average Bonchev–Trinajstić information content (AvgIpc) is 3.25. The number of carbonyl (C=O) groups is 1. The molecule has 1 N–H and O–H groups in total. The van der Waals surface area contributed by atoms with Crippen LogP contribution in [0.15, 0.2) is 18.2 Å². The topological polar surface area (TPSA) is 50.8 Å². The van der Waals surface area contributed by atoms with Crippen molar-refractivity contribution in [2.45, 2.75) is 37.8 Å². The Kier molecular flexibility index (Phi) is 3.22. The number of carbonyl (C=O) groups excluding carboxylic acids is 1. The fourth-order valence-electron chi connectivity index (χ4n) is 3.16. The monoisotopic (exact) mass is 288 g/mol. The first-order valence-electron chi connectivity index (χ1n) is 7.74. The molecular weight excluding hydrogens is 268 g/mol. The second-order valence-electron chi connectivity index (χ2n) is 6.08. The van der Waals surface area contributed by atoms with Crippen molar-refractivity contribution in [1.82, 2.24) is 10.2 Å². The van der Waals surface area contributed by atoms with Crippen LogP contribution < -0.4 is 14.8 Å². The lowest BCUT2D eigenvalue weighted by Crippen LogP contribution is -2.45. The maximum absolute atomic E-state index is 12.3. The third kappa shape index (κ3) is 2.70. The molecule has 0 radical (unpaired) electrons. The zero-order chi connectivity index (χ0) is 14.2. The van der Waals surface area contributed by atoms with Crippen LogP contribution in [0, 0.1) is 0 Å². The van der Waals surface area contributed by atoms with Crippen molar-refractivity contribution in [2.75, 3.05) is 19.9 Å². The summed E-state index contributed by atoms with van der Waals surface area (Å²) in [5.74, 6) is 1.36. The Morgan fingerprint density at radius 1 is 1.10 bits per heavy atom. The molecule has 112 valence electrons. The fourth-order valence-corrected chi connectivity index (χ4v) is 3.16. The molecule has 0 bridgehead atoms. The summed E-state index contributed by atoms with van der Waals surface area (Å²) in [7, 11) is 0. The highest BCUT2D eigenvalue weighted by Gasteiger charge is 2.32. The Labute approximate surface area is 124 Å². The van der Waals surface area contributed by atoms with E-state index in [1.54, 1.807) is 18.2 Å². The summed E-state index contributed by atoms with van der Waals surface area (Å²) >= 11 is 0. The number of benzene rings is 1. The van der Waals surface area contributed by atoms with Gasteiger partial charge in [-0.05, 0) is 43.9 Å². The van der Waals surface area contributed by atoms with Gasteiger partial charge in [0.2, 0.25) is 6.79 Å². The molecule has 5 heteroatoms. The van der Waals surface area contributed by atoms with Gasteiger partial charge in [0, 0.05) is 30.7 Å². The quantitative estimate of drug-likeness (QED) is 0.921. The molecule has 5 nitrogen and oxygen atoms in total. The summed E-state index contributed by atoms with van der Waals surface area (Å²) in [6.45, 7) is 2.45. The van der Waals surface area contributed by atoms with Gasteiger partial charge in [-0.25, -0.2) is 0 Å². The van der Waals surface area contributed by atoms with E-state index in [1.807, 2.05) is 0 Å². The van der Waals surface area contributed by atoms with Crippen LogP contribution in [0.4, 0.5) is 0 Å². The number of fused-ring (bicyclic) bond motifs is 1. The van der Waals surface area contributed by atoms with Gasteiger partial charge in [0.15, 0.2) is 11.5 Å². The first kappa shape index (κ1) is 13.0. The van der Waals surface area contributed by atoms with Gasteiger partial charge in [0.1, 0.15) is 0 Å². The summed E-state index contributed by atoms with van der Waals surface area (Å²) in [5, 5.41) is 3.14. The third-order valence-electron chi connectivity index (χ3n) is 4.56. The fraction of sp³-hybridized carbons (Fsp3) is 0.562. The Morgan fingerprint density at radius 2 is 1.86 bits per heavy atom. The molecule has 1 aliphatic carbocycles. The van der Waals surface area contributed by atoms with Gasteiger partial charge in [-0.2, -0.15) is 0 Å². The second kappa shape index (κ2) is 5.22. The molecule has 1 saturated carbocycles. The van der Waals surface area contributed by atoms with E-state index >= 15 is 0 Å². The summed E-state index contributed by atoms with van der Waals surface area (Å²) < 4.78 is 10.6. The lowest BCUT2D eigenvalue weighted by atomic mass is 10.0. The van der Waals surface area contributed by atoms with E-state index in [0.29, 0.717) is 17.1 Å². The predicted molar refractivity (Wildman–Crippen MR) is 77.6 cm³/mol. The number of rotatable bonds is 3. The van der Waals surface area contributed by atoms with E-state index < -0.39 is 0 Å². The second-order valence-corrected chi connectivity index (χ2v) is 6.08. The van der Waals surface area contributed by atoms with E-state index in [2.05, 4.69) is 10.2 Å². The molecule has 0 spiro atoms. The van der Waals surface area contributed by atoms with Gasteiger partial charge in [-0.3, -0.25) is 4.79 Å². The van der Waals surface area contributed by atoms with E-state index in [1.165, 1.54) is 12.8 Å². The predicted octanol–water partition coefficient (Wildman–Crippen LogP) is 1.77. The molecule has 1 aromatic rings. The summed E-state index contributed by atoms with van der Waals surface area (Å²) in [6.07, 6.45) is 4.81. The minimum absolute atomic E-state index is 0.0156. The molecule has 0 aromatic heterocycles. The molecule has 3 aliphatic rings. The molecule has 0 unspecified atom stereocenters. The molecule has 2 fully saturated rings. The minimum Gasteiger partial charge on any atom is -0.454 e. The molecule has 1 saturated heterocycles. The number of piperidine rings is 1. The van der Waals surface area contributed by atoms with Gasteiger partial charge in [-0.1, -0.05) is 0 Å². The number of nitrogens with zero attached hydrogens (tertiary/aromatic N) is 1. The van der Waals surface area contributed by atoms with Crippen molar-refractivity contribution in [3.8, 4) is 11.5 Å². The van der Waals surface area contributed by atoms with E-state index in [9.17, 15) is 4.79 Å². The van der Waals surface area contributed by atoms with Crippen molar-refractivity contribution in [1.29, 1.82) is 0 Å². The smallest absolute Gasteiger partial charge is 0.251 e. The normalized spacial score (nSPS) is 22.3. The standard InChI is InChI=1S/C16H20N2O3/c19-16(11-1-4-14-15(9-11)21-10-20-14)17-12-5-7-18(8-6-12)13-2-3-13/h1,4,9,12-13H,2-3,5-8,10H2,(H,17,19). The number of nitrogens with one attached hydrogen (secondary N) is 1. The Bertz CT molecular complexity index is 548. The van der Waals surface area contributed by atoms with E-state index in [0.717, 1.165) is 32.0 Å². The van der Waals surface area contributed by atoms with Crippen molar-refractivity contribution < 1.29 is 14.3 Å². The molecule has 2 heterocycles. The van der Waals surface area contributed by atoms with Crippen LogP contribution in [0.5, 0.6) is 11.5 Å². The third-order valence-corrected chi connectivity index (χ3v) is 4.56. The molecule has 4 rings (SSSR count). The first-order chi connectivity index (χ1) is 10.3. The van der Waals surface area contributed by atoms with Crippen LogP contribution in [0.1, 0.15) is 36.0 Å². The SMILES string of the molecule is O=C(NC1CCN(C2CC2)CC1)c1ccc2c(c1)OCO2. The van der Waals surface area contributed by atoms with Gasteiger partial charge in [0.25, 0.3) is 5.91 Å². The van der Waals surface area contributed by atoms with Gasteiger partial charge >= 0.3 is 0 Å². The molecule has 1 aromatic carbocycles. The van der Waals surface area contributed by atoms with Gasteiger partial charge in [0.05, 0.1) is 0 Å². The molecule has 0 atom stereocenters. The molecule has 1 amide bonds. The van der Waals surface area contributed by atoms with Gasteiger partial charge in [-0.15, -0.1) is 0 Å². The Hall–Kier alpha value is -1.75. The average molecular weight is 288 g/mol. The number of amides is 1. The zero-order valence-electron chi connectivity index (χ0n) is 12.0. The van der Waals surface area contributed by atoms with Crippen molar-refractivity contribution >= 4 is 5.91 Å². The number of hydrogen-bond donors (Lipinski definition) is 1. The summed E-state index contributed by atoms with van der Waals surface area (Å²) in [6, 6.07) is 6.47. The van der Waals surface area contributed by atoms with Crippen LogP contribution in [-0.2, 0) is 0 Å². The van der Waals surface area contributed by atoms with E-state index in [4.69, 9.17) is 9.47 Å². The number of ether oxygens (including phenoxy) is 2. The van der Waals surface area contributed by atoms with Crippen molar-refractivity contribution in [3.05, 3.63) is 23.8 Å². The summed E-state index contributed by atoms with van der Waals surface area (Å²) in [4.78, 5) is 14.9. The maximum atomic E-state index is 12.3. The van der Waals surface area contributed by atoms with Crippen molar-refractivity contribution in [2.24, 2.45) is 0 Å². The van der Waals surface area contributed by atoms with Crippen LogP contribution >= 0.6 is 0 Å². The minimum atomic E-state index is -0.0156. The van der Waals surface area contributed by atoms with E-state index in [-0.39, 0.29) is 18.7 Å². The van der Waals surface area contributed by atoms with Crippen LogP contribution in [-0.4, -0.2) is 42.8 Å². The summed E-state index contributed by atoms with van der Waals surface area (Å²) in [5.41, 5.74) is 0.642. The molecule has 2 aliphatic heterocycles. The Balaban J connectivity index is 1.35. The van der Waals surface area contributed by atoms with Crippen LogP contribution in [0.2, 0.25) is 0 Å². The highest BCUT2D eigenvalue weighted by molar-refractivity contribution is 5.95. The first-order valence-corrected chi connectivity index (χ1v) is 7.74. The lowest BCUT2D eigenvalue weighted by molar-refractivity contribution is 0.0908. The lowest BCUT2D eigenvalue weighted by Gasteiger charge is -2.32. The highest BCUT2D eigenvalue weighted by Crippen LogP contribution is 2.32.